The predicted molar refractivity (Wildman–Crippen MR) is 55.4 cm³/mol. The molecular formula is C12H6O4. The van der Waals surface area contributed by atoms with Crippen molar-refractivity contribution in [3.8, 4) is 36.2 Å². The minimum absolute atomic E-state index is 0.253. The zero-order chi connectivity index (χ0) is 12.0. The SMILES string of the molecule is C#CC(=O)Oc1ccc(OC(=O)C#C)cc1. The first-order valence-corrected chi connectivity index (χ1v) is 4.12. The van der Waals surface area contributed by atoms with Gasteiger partial charge in [0.05, 0.1) is 0 Å². The van der Waals surface area contributed by atoms with Gasteiger partial charge in [0.15, 0.2) is 0 Å². The highest BCUT2D eigenvalue weighted by atomic mass is 16.5. The van der Waals surface area contributed by atoms with Crippen molar-refractivity contribution in [2.75, 3.05) is 0 Å². The second-order valence-corrected chi connectivity index (χ2v) is 2.54. The lowest BCUT2D eigenvalue weighted by molar-refractivity contribution is -0.129. The third kappa shape index (κ3) is 3.21. The lowest BCUT2D eigenvalue weighted by Crippen LogP contribution is -2.05. The standard InChI is InChI=1S/C12H6O4/c1-3-11(13)15-9-5-7-10(8-6-9)16-12(14)4-2/h1-2,5-8H. The van der Waals surface area contributed by atoms with Gasteiger partial charge in [-0.1, -0.05) is 0 Å². The first-order valence-electron chi connectivity index (χ1n) is 4.12. The van der Waals surface area contributed by atoms with E-state index in [9.17, 15) is 9.59 Å². The molecule has 4 heteroatoms. The quantitative estimate of drug-likeness (QED) is 0.316. The number of terminal acetylenes is 2. The zero-order valence-corrected chi connectivity index (χ0v) is 8.10. The second kappa shape index (κ2) is 5.23. The summed E-state index contributed by atoms with van der Waals surface area (Å²) in [4.78, 5) is 21.4. The average molecular weight is 214 g/mol. The minimum atomic E-state index is -0.798. The van der Waals surface area contributed by atoms with E-state index in [-0.39, 0.29) is 11.5 Å². The number of carbonyl (C=O) groups is 2. The Morgan fingerprint density at radius 1 is 0.875 bits per heavy atom. The van der Waals surface area contributed by atoms with E-state index in [4.69, 9.17) is 22.3 Å². The van der Waals surface area contributed by atoms with Crippen molar-refractivity contribution in [1.29, 1.82) is 0 Å². The molecule has 0 saturated heterocycles. The van der Waals surface area contributed by atoms with Crippen LogP contribution in [-0.2, 0) is 9.59 Å². The van der Waals surface area contributed by atoms with Crippen molar-refractivity contribution < 1.29 is 19.1 Å². The van der Waals surface area contributed by atoms with Crippen LogP contribution in [0.5, 0.6) is 11.5 Å². The summed E-state index contributed by atoms with van der Waals surface area (Å²) in [5, 5.41) is 0. The smallest absolute Gasteiger partial charge is 0.389 e. The fourth-order valence-electron chi connectivity index (χ4n) is 0.849. The molecule has 1 aromatic carbocycles. The van der Waals surface area contributed by atoms with Crippen LogP contribution in [-0.4, -0.2) is 11.9 Å². The van der Waals surface area contributed by atoms with Crippen LogP contribution in [0, 0.1) is 24.7 Å². The number of hydrogen-bond donors (Lipinski definition) is 0. The molecule has 0 aromatic heterocycles. The van der Waals surface area contributed by atoms with Crippen LogP contribution in [0.25, 0.3) is 0 Å². The maximum Gasteiger partial charge on any atom is 0.389 e. The topological polar surface area (TPSA) is 52.6 Å². The molecule has 0 bridgehead atoms. The largest absolute Gasteiger partial charge is 0.417 e. The van der Waals surface area contributed by atoms with Gasteiger partial charge in [0.1, 0.15) is 11.5 Å². The molecule has 0 radical (unpaired) electrons. The van der Waals surface area contributed by atoms with Crippen molar-refractivity contribution in [3.63, 3.8) is 0 Å². The Bertz CT molecular complexity index is 438. The van der Waals surface area contributed by atoms with Gasteiger partial charge in [-0.3, -0.25) is 0 Å². The molecule has 0 aliphatic heterocycles. The Labute approximate surface area is 92.2 Å². The summed E-state index contributed by atoms with van der Waals surface area (Å²) >= 11 is 0. The lowest BCUT2D eigenvalue weighted by atomic mass is 10.3. The molecule has 0 spiro atoms. The Balaban J connectivity index is 2.69. The fraction of sp³-hybridized carbons (Fsp3) is 0. The van der Waals surface area contributed by atoms with Crippen LogP contribution >= 0.6 is 0 Å². The molecule has 0 saturated carbocycles. The highest BCUT2D eigenvalue weighted by Crippen LogP contribution is 2.17. The van der Waals surface area contributed by atoms with Gasteiger partial charge in [-0.2, -0.15) is 0 Å². The Morgan fingerprint density at radius 3 is 1.44 bits per heavy atom. The van der Waals surface area contributed by atoms with Gasteiger partial charge < -0.3 is 9.47 Å². The van der Waals surface area contributed by atoms with E-state index < -0.39 is 11.9 Å². The summed E-state index contributed by atoms with van der Waals surface area (Å²) in [5.41, 5.74) is 0. The van der Waals surface area contributed by atoms with Crippen LogP contribution in [0.3, 0.4) is 0 Å². The van der Waals surface area contributed by atoms with E-state index in [1.807, 2.05) is 0 Å². The van der Waals surface area contributed by atoms with Crippen molar-refractivity contribution in [2.24, 2.45) is 0 Å². The molecule has 1 rings (SSSR count). The molecule has 0 unspecified atom stereocenters. The molecule has 4 nitrogen and oxygen atoms in total. The van der Waals surface area contributed by atoms with Crippen LogP contribution in [0.15, 0.2) is 24.3 Å². The number of rotatable bonds is 2. The summed E-state index contributed by atoms with van der Waals surface area (Å²) in [5.74, 6) is 2.50. The Hall–Kier alpha value is -2.72. The number of ether oxygens (including phenoxy) is 2. The molecule has 0 amide bonds. The van der Waals surface area contributed by atoms with E-state index in [0.717, 1.165) is 0 Å². The number of hydrogen-bond acceptors (Lipinski definition) is 4. The fourth-order valence-corrected chi connectivity index (χ4v) is 0.849. The van der Waals surface area contributed by atoms with Crippen LogP contribution in [0.4, 0.5) is 0 Å². The third-order valence-corrected chi connectivity index (χ3v) is 1.48. The van der Waals surface area contributed by atoms with Crippen LogP contribution in [0.2, 0.25) is 0 Å². The van der Waals surface area contributed by atoms with Gasteiger partial charge in [0.25, 0.3) is 0 Å². The summed E-state index contributed by atoms with van der Waals surface area (Å²) < 4.78 is 9.39. The second-order valence-electron chi connectivity index (χ2n) is 2.54. The van der Waals surface area contributed by atoms with Crippen LogP contribution < -0.4 is 9.47 Å². The lowest BCUT2D eigenvalue weighted by Gasteiger charge is -2.02. The third-order valence-electron chi connectivity index (χ3n) is 1.48. The van der Waals surface area contributed by atoms with Gasteiger partial charge in [0, 0.05) is 11.8 Å². The highest BCUT2D eigenvalue weighted by molar-refractivity contribution is 5.90. The van der Waals surface area contributed by atoms with E-state index in [0.29, 0.717) is 0 Å². The molecule has 0 heterocycles. The molecule has 0 fully saturated rings. The molecule has 78 valence electrons. The van der Waals surface area contributed by atoms with E-state index in [2.05, 4.69) is 0 Å². The summed E-state index contributed by atoms with van der Waals surface area (Å²) in [7, 11) is 0. The average Bonchev–Trinajstić information content (AvgIpc) is 2.31. The minimum Gasteiger partial charge on any atom is -0.417 e. The van der Waals surface area contributed by atoms with E-state index in [1.54, 1.807) is 11.8 Å². The summed E-state index contributed by atoms with van der Waals surface area (Å²) in [6, 6.07) is 5.70. The first-order chi connectivity index (χ1) is 7.65. The Morgan fingerprint density at radius 2 is 1.19 bits per heavy atom. The van der Waals surface area contributed by atoms with Gasteiger partial charge in [0.2, 0.25) is 0 Å². The van der Waals surface area contributed by atoms with Crippen molar-refractivity contribution in [2.45, 2.75) is 0 Å². The van der Waals surface area contributed by atoms with Gasteiger partial charge >= 0.3 is 11.9 Å². The molecule has 0 aliphatic carbocycles. The number of esters is 2. The molecule has 16 heavy (non-hydrogen) atoms. The Kier molecular flexibility index (Phi) is 3.71. The van der Waals surface area contributed by atoms with E-state index in [1.165, 1.54) is 24.3 Å². The van der Waals surface area contributed by atoms with Crippen molar-refractivity contribution in [1.82, 2.24) is 0 Å². The summed E-state index contributed by atoms with van der Waals surface area (Å²) in [6.07, 6.45) is 9.64. The summed E-state index contributed by atoms with van der Waals surface area (Å²) in [6.45, 7) is 0. The predicted octanol–water partition coefficient (Wildman–Crippen LogP) is 0.764. The zero-order valence-electron chi connectivity index (χ0n) is 8.10. The highest BCUT2D eigenvalue weighted by Gasteiger charge is 2.03. The molecule has 0 aliphatic rings. The van der Waals surface area contributed by atoms with Crippen molar-refractivity contribution >= 4 is 11.9 Å². The maximum absolute atomic E-state index is 10.7. The molecule has 1 aromatic rings. The van der Waals surface area contributed by atoms with Gasteiger partial charge in [-0.25, -0.2) is 9.59 Å². The van der Waals surface area contributed by atoms with Gasteiger partial charge in [-0.15, -0.1) is 12.8 Å². The monoisotopic (exact) mass is 214 g/mol. The number of benzene rings is 1. The number of carbonyl (C=O) groups excluding carboxylic acids is 2. The first kappa shape index (κ1) is 11.4. The maximum atomic E-state index is 10.7. The van der Waals surface area contributed by atoms with E-state index >= 15 is 0 Å². The molecule has 0 N–H and O–H groups in total. The van der Waals surface area contributed by atoms with Crippen LogP contribution in [0.1, 0.15) is 0 Å². The molecule has 0 atom stereocenters. The molecular weight excluding hydrogens is 208 g/mol. The van der Waals surface area contributed by atoms with Crippen molar-refractivity contribution in [3.05, 3.63) is 24.3 Å². The van der Waals surface area contributed by atoms with Gasteiger partial charge in [-0.05, 0) is 24.3 Å². The normalized spacial score (nSPS) is 8.38.